The van der Waals surface area contributed by atoms with E-state index in [9.17, 15) is 19.8 Å². The molecule has 0 bridgehead atoms. The van der Waals surface area contributed by atoms with Gasteiger partial charge in [-0.3, -0.25) is 4.79 Å². The zero-order valence-electron chi connectivity index (χ0n) is 23.6. The molecule has 3 aliphatic rings. The predicted octanol–water partition coefficient (Wildman–Crippen LogP) is 2.85. The van der Waals surface area contributed by atoms with Crippen LogP contribution >= 0.6 is 0 Å². The number of aromatic nitrogens is 1. The number of hydrogen-bond acceptors (Lipinski definition) is 8. The molecule has 3 atom stereocenters. The second-order valence-corrected chi connectivity index (χ2v) is 11.1. The van der Waals surface area contributed by atoms with Crippen molar-refractivity contribution in [2.45, 2.75) is 57.3 Å². The maximum Gasteiger partial charge on any atom is 0.321 e. The fourth-order valence-electron chi connectivity index (χ4n) is 5.21. The number of aliphatic hydroxyl groups is 2. The van der Waals surface area contributed by atoms with E-state index in [0.29, 0.717) is 42.1 Å². The van der Waals surface area contributed by atoms with Gasteiger partial charge < -0.3 is 39.5 Å². The predicted molar refractivity (Wildman–Crippen MR) is 150 cm³/mol. The molecule has 1 fully saturated rings. The quantitative estimate of drug-likeness (QED) is 0.472. The molecule has 0 radical (unpaired) electrons. The van der Waals surface area contributed by atoms with Crippen LogP contribution in [0.5, 0.6) is 17.4 Å². The Bertz CT molecular complexity index is 1360. The van der Waals surface area contributed by atoms with Crippen LogP contribution in [0.3, 0.4) is 0 Å². The minimum absolute atomic E-state index is 0.136. The summed E-state index contributed by atoms with van der Waals surface area (Å²) in [5, 5.41) is 23.4. The highest BCUT2D eigenvalue weighted by Crippen LogP contribution is 2.34. The Morgan fingerprint density at radius 3 is 2.78 bits per heavy atom. The highest BCUT2D eigenvalue weighted by Gasteiger charge is 2.35. The molecule has 2 aromatic rings. The Balaban J connectivity index is 1.37. The van der Waals surface area contributed by atoms with Crippen molar-refractivity contribution in [1.82, 2.24) is 14.8 Å². The molecule has 0 unspecified atom stereocenters. The summed E-state index contributed by atoms with van der Waals surface area (Å²) in [5.74, 6) is 6.74. The summed E-state index contributed by atoms with van der Waals surface area (Å²) in [4.78, 5) is 34.2. The number of rotatable bonds is 5. The van der Waals surface area contributed by atoms with E-state index in [0.717, 1.165) is 12.8 Å². The minimum atomic E-state index is -1.02. The average Bonchev–Trinajstić information content (AvgIpc) is 3.62. The molecule has 1 aliphatic carbocycles. The fourth-order valence-corrected chi connectivity index (χ4v) is 5.21. The number of carbonyl (C=O) groups is 2. The number of nitrogens with one attached hydrogen (secondary N) is 1. The van der Waals surface area contributed by atoms with E-state index in [1.54, 1.807) is 43.1 Å². The van der Waals surface area contributed by atoms with Gasteiger partial charge in [0.2, 0.25) is 12.7 Å². The number of nitrogens with zero attached hydrogens (tertiary/aromatic N) is 3. The van der Waals surface area contributed by atoms with Gasteiger partial charge in [0.05, 0.1) is 19.2 Å². The van der Waals surface area contributed by atoms with Crippen LogP contribution < -0.4 is 19.5 Å². The van der Waals surface area contributed by atoms with Crippen LogP contribution in [-0.2, 0) is 0 Å². The van der Waals surface area contributed by atoms with Crippen molar-refractivity contribution in [3.8, 4) is 29.2 Å². The summed E-state index contributed by atoms with van der Waals surface area (Å²) in [5.41, 5.74) is 0.256. The zero-order valence-corrected chi connectivity index (χ0v) is 23.6. The van der Waals surface area contributed by atoms with Gasteiger partial charge in [-0.2, -0.15) is 0 Å². The lowest BCUT2D eigenvalue weighted by molar-refractivity contribution is 0.0356. The number of benzene rings is 1. The van der Waals surface area contributed by atoms with Crippen LogP contribution in [0.15, 0.2) is 30.5 Å². The summed E-state index contributed by atoms with van der Waals surface area (Å²) in [6, 6.07) is 6.01. The van der Waals surface area contributed by atoms with Gasteiger partial charge in [-0.05, 0) is 50.8 Å². The SMILES string of the molecule is C[C@H](CO)N1C[C@H](C)[C@H](CN(C)C(=O)Nc2ccc3c(c2)OCO3)Oc2ncc(C#CC3(O)CCCC3)cc2C1=O. The van der Waals surface area contributed by atoms with Gasteiger partial charge in [0.1, 0.15) is 17.3 Å². The molecule has 1 saturated carbocycles. The van der Waals surface area contributed by atoms with Crippen LogP contribution in [0.1, 0.15) is 55.5 Å². The molecule has 3 amide bonds. The molecule has 1 aromatic carbocycles. The van der Waals surface area contributed by atoms with Crippen molar-refractivity contribution in [3.05, 3.63) is 41.6 Å². The molecule has 218 valence electrons. The van der Waals surface area contributed by atoms with Gasteiger partial charge in [0, 0.05) is 43.0 Å². The van der Waals surface area contributed by atoms with E-state index >= 15 is 0 Å². The number of amides is 3. The number of urea groups is 1. The highest BCUT2D eigenvalue weighted by atomic mass is 16.7. The number of pyridine rings is 1. The maximum absolute atomic E-state index is 13.6. The van der Waals surface area contributed by atoms with Gasteiger partial charge in [0.25, 0.3) is 5.91 Å². The lowest BCUT2D eigenvalue weighted by Gasteiger charge is -2.37. The molecule has 0 spiro atoms. The van der Waals surface area contributed by atoms with Crippen LogP contribution in [0.25, 0.3) is 0 Å². The molecular formula is C30H36N4O7. The normalized spacial score (nSPS) is 21.5. The molecule has 2 aliphatic heterocycles. The van der Waals surface area contributed by atoms with Gasteiger partial charge >= 0.3 is 6.03 Å². The first-order valence-electron chi connectivity index (χ1n) is 13.9. The monoisotopic (exact) mass is 564 g/mol. The standard InChI is InChI=1S/C30H36N4O7/c1-19-15-34(20(2)17-35)28(36)23-12-21(8-11-30(38)9-4-5-10-30)14-31-27(23)41-26(19)16-33(3)29(37)32-22-6-7-24-25(13-22)40-18-39-24/h6-7,12-14,19-20,26,35,38H,4-5,9-10,15-18H2,1-3H3,(H,32,37)/t19-,20+,26-/m0/s1. The molecule has 11 heteroatoms. The van der Waals surface area contributed by atoms with Crippen molar-refractivity contribution in [2.24, 2.45) is 5.92 Å². The first-order valence-corrected chi connectivity index (χ1v) is 13.9. The Morgan fingerprint density at radius 1 is 1.27 bits per heavy atom. The fraction of sp³-hybridized carbons (Fsp3) is 0.500. The lowest BCUT2D eigenvalue weighted by Crippen LogP contribution is -2.50. The first-order chi connectivity index (χ1) is 19.7. The smallest absolute Gasteiger partial charge is 0.321 e. The van der Waals surface area contributed by atoms with Crippen LogP contribution in [0, 0.1) is 17.8 Å². The molecule has 3 heterocycles. The van der Waals surface area contributed by atoms with Crippen LogP contribution in [0.4, 0.5) is 10.5 Å². The number of hydrogen-bond donors (Lipinski definition) is 3. The second-order valence-electron chi connectivity index (χ2n) is 11.1. The van der Waals surface area contributed by atoms with Crippen LogP contribution in [-0.4, -0.2) is 88.2 Å². The van der Waals surface area contributed by atoms with Gasteiger partial charge in [-0.15, -0.1) is 0 Å². The third kappa shape index (κ3) is 6.34. The van der Waals surface area contributed by atoms with Crippen molar-refractivity contribution in [3.63, 3.8) is 0 Å². The van der Waals surface area contributed by atoms with Gasteiger partial charge in [-0.1, -0.05) is 18.8 Å². The van der Waals surface area contributed by atoms with E-state index in [1.165, 1.54) is 11.1 Å². The largest absolute Gasteiger partial charge is 0.472 e. The minimum Gasteiger partial charge on any atom is -0.472 e. The van der Waals surface area contributed by atoms with E-state index in [1.807, 2.05) is 6.92 Å². The number of anilines is 1. The second kappa shape index (κ2) is 11.8. The third-order valence-electron chi connectivity index (χ3n) is 7.82. The summed E-state index contributed by atoms with van der Waals surface area (Å²) < 4.78 is 17.0. The van der Waals surface area contributed by atoms with Gasteiger partial charge in [-0.25, -0.2) is 9.78 Å². The highest BCUT2D eigenvalue weighted by molar-refractivity contribution is 5.97. The topological polar surface area (TPSA) is 134 Å². The number of aliphatic hydroxyl groups excluding tert-OH is 1. The molecule has 5 rings (SSSR count). The van der Waals surface area contributed by atoms with Crippen molar-refractivity contribution in [1.29, 1.82) is 0 Å². The van der Waals surface area contributed by atoms with E-state index in [-0.39, 0.29) is 49.2 Å². The van der Waals surface area contributed by atoms with Gasteiger partial charge in [0.15, 0.2) is 11.5 Å². The number of ether oxygens (including phenoxy) is 3. The Kier molecular flexibility index (Phi) is 8.24. The number of carbonyl (C=O) groups excluding carboxylic acids is 2. The Labute approximate surface area is 239 Å². The average molecular weight is 565 g/mol. The molecule has 0 saturated heterocycles. The summed E-state index contributed by atoms with van der Waals surface area (Å²) in [6.45, 7) is 4.16. The zero-order chi connectivity index (χ0) is 29.1. The first kappa shape index (κ1) is 28.5. The van der Waals surface area contributed by atoms with E-state index in [4.69, 9.17) is 14.2 Å². The number of likely N-dealkylation sites (N-methyl/N-ethyl adjacent to an activating group) is 1. The van der Waals surface area contributed by atoms with Crippen molar-refractivity contribution in [2.75, 3.05) is 38.9 Å². The molecule has 41 heavy (non-hydrogen) atoms. The lowest BCUT2D eigenvalue weighted by atomic mass is 9.99. The maximum atomic E-state index is 13.6. The third-order valence-corrected chi connectivity index (χ3v) is 7.82. The van der Waals surface area contributed by atoms with E-state index < -0.39 is 17.7 Å². The summed E-state index contributed by atoms with van der Waals surface area (Å²) >= 11 is 0. The molecule has 1 aromatic heterocycles. The molecule has 3 N–H and O–H groups in total. The molecule has 11 nitrogen and oxygen atoms in total. The number of fused-ring (bicyclic) bond motifs is 2. The van der Waals surface area contributed by atoms with Crippen molar-refractivity contribution < 1.29 is 34.0 Å². The Morgan fingerprint density at radius 2 is 2.02 bits per heavy atom. The van der Waals surface area contributed by atoms with E-state index in [2.05, 4.69) is 22.1 Å². The summed E-state index contributed by atoms with van der Waals surface area (Å²) in [6.07, 6.45) is 4.12. The van der Waals surface area contributed by atoms with Crippen LogP contribution in [0.2, 0.25) is 0 Å². The van der Waals surface area contributed by atoms with Crippen molar-refractivity contribution >= 4 is 17.6 Å². The summed E-state index contributed by atoms with van der Waals surface area (Å²) in [7, 11) is 1.66. The molecular weight excluding hydrogens is 528 g/mol. The Hall–Kier alpha value is -4.01.